The van der Waals surface area contributed by atoms with Crippen molar-refractivity contribution in [1.82, 2.24) is 16.0 Å². The molecule has 3 amide bonds. The summed E-state index contributed by atoms with van der Waals surface area (Å²) < 4.78 is 38.9. The van der Waals surface area contributed by atoms with Gasteiger partial charge in [-0.2, -0.15) is 0 Å². The third kappa shape index (κ3) is 12.5. The maximum absolute atomic E-state index is 12.9. The van der Waals surface area contributed by atoms with Gasteiger partial charge in [0.2, 0.25) is 17.7 Å². The van der Waals surface area contributed by atoms with Gasteiger partial charge >= 0.3 is 11.9 Å². The number of ether oxygens (including phenoxy) is 7. The maximum Gasteiger partial charge on any atom is 0.364 e. The largest absolute Gasteiger partial charge is 0.477 e. The molecule has 0 saturated carbocycles. The summed E-state index contributed by atoms with van der Waals surface area (Å²) in [4.78, 5) is 62.1. The fourth-order valence-electron chi connectivity index (χ4n) is 8.04. The van der Waals surface area contributed by atoms with Crippen LogP contribution in [0.2, 0.25) is 0 Å². The summed E-state index contributed by atoms with van der Waals surface area (Å²) in [5, 5.41) is 184. The number of rotatable bonds is 21. The molecule has 68 heavy (non-hydrogen) atoms. The van der Waals surface area contributed by atoms with Crippen molar-refractivity contribution in [2.75, 3.05) is 39.6 Å². The summed E-state index contributed by atoms with van der Waals surface area (Å²) >= 11 is 0. The van der Waals surface area contributed by atoms with Crippen LogP contribution in [0.5, 0.6) is 0 Å². The van der Waals surface area contributed by atoms with Gasteiger partial charge in [-0.05, 0) is 0 Å². The summed E-state index contributed by atoms with van der Waals surface area (Å²) in [7, 11) is 0. The number of hydrogen-bond donors (Lipinski definition) is 20. The van der Waals surface area contributed by atoms with Gasteiger partial charge in [0.05, 0.1) is 50.7 Å². The Balaban J connectivity index is 1.67. The Bertz CT molecular complexity index is 1720. The molecule has 20 N–H and O–H groups in total. The van der Waals surface area contributed by atoms with Crippen LogP contribution >= 0.6 is 0 Å². The topological polar surface area (TPSA) is 530 Å². The Morgan fingerprint density at radius 3 is 1.54 bits per heavy atom. The van der Waals surface area contributed by atoms with Crippen molar-refractivity contribution >= 4 is 29.7 Å². The van der Waals surface area contributed by atoms with E-state index in [1.54, 1.807) is 0 Å². The van der Waals surface area contributed by atoms with E-state index < -0.39 is 216 Å². The highest BCUT2D eigenvalue weighted by atomic mass is 16.8. The fraction of sp³-hybridized carbons (Fsp3) is 0.861. The average molecular weight is 998 g/mol. The van der Waals surface area contributed by atoms with Gasteiger partial charge in [-0.3, -0.25) is 14.4 Å². The van der Waals surface area contributed by atoms with E-state index in [0.717, 1.165) is 6.92 Å². The van der Waals surface area contributed by atoms with Crippen molar-refractivity contribution in [1.29, 1.82) is 0 Å². The van der Waals surface area contributed by atoms with Crippen molar-refractivity contribution in [3.63, 3.8) is 0 Å². The second kappa shape index (κ2) is 24.1. The van der Waals surface area contributed by atoms with Gasteiger partial charge in [0, 0.05) is 19.8 Å². The van der Waals surface area contributed by atoms with Crippen molar-refractivity contribution < 1.29 is 144 Å². The summed E-state index contributed by atoms with van der Waals surface area (Å²) in [5.74, 6) is -13.8. The predicted molar refractivity (Wildman–Crippen MR) is 206 cm³/mol. The second-order valence-electron chi connectivity index (χ2n) is 16.3. The van der Waals surface area contributed by atoms with E-state index in [9.17, 15) is 111 Å². The highest BCUT2D eigenvalue weighted by Gasteiger charge is 2.61. The van der Waals surface area contributed by atoms with Gasteiger partial charge in [-0.1, -0.05) is 0 Å². The van der Waals surface area contributed by atoms with E-state index >= 15 is 0 Å². The van der Waals surface area contributed by atoms with Gasteiger partial charge in [-0.15, -0.1) is 0 Å². The van der Waals surface area contributed by atoms with Crippen molar-refractivity contribution in [3.05, 3.63) is 0 Å². The number of amides is 3. The first-order valence-electron chi connectivity index (χ1n) is 20.7. The van der Waals surface area contributed by atoms with Crippen molar-refractivity contribution in [3.8, 4) is 0 Å². The first-order chi connectivity index (χ1) is 31.8. The zero-order chi connectivity index (χ0) is 51.2. The molecular formula is C36H59N3O29. The van der Waals surface area contributed by atoms with E-state index in [2.05, 4.69) is 16.0 Å². The number of aliphatic hydroxyl groups is 15. The summed E-state index contributed by atoms with van der Waals surface area (Å²) in [6, 6.07) is -5.44. The lowest BCUT2D eigenvalue weighted by Crippen LogP contribution is -2.71. The Hall–Kier alpha value is -3.53. The smallest absolute Gasteiger partial charge is 0.364 e. The van der Waals surface area contributed by atoms with Gasteiger partial charge < -0.3 is 136 Å². The van der Waals surface area contributed by atoms with Crippen LogP contribution in [0, 0.1) is 0 Å². The Morgan fingerprint density at radius 1 is 0.632 bits per heavy atom. The number of carbonyl (C=O) groups excluding carboxylic acids is 3. The van der Waals surface area contributed by atoms with Crippen molar-refractivity contribution in [2.45, 2.75) is 154 Å². The second-order valence-corrected chi connectivity index (χ2v) is 16.3. The molecule has 4 fully saturated rings. The molecule has 4 saturated heterocycles. The molecule has 4 heterocycles. The number of aliphatic carboxylic acids is 2. The molecule has 32 nitrogen and oxygen atoms in total. The summed E-state index contributed by atoms with van der Waals surface area (Å²) in [5.41, 5.74) is 0. The molecule has 4 rings (SSSR count). The van der Waals surface area contributed by atoms with Crippen LogP contribution in [0.3, 0.4) is 0 Å². The number of nitrogens with one attached hydrogen (secondary N) is 3. The Labute approximate surface area is 382 Å². The summed E-state index contributed by atoms with van der Waals surface area (Å²) in [6.07, 6.45) is -39.4. The van der Waals surface area contributed by atoms with E-state index in [4.69, 9.17) is 33.2 Å². The minimum absolute atomic E-state index is 0.914. The SMILES string of the molecule is CC(=O)N[C@@H]1[C@@H](O[C@@H]2O[C@H](CO)[C@H](O)[C@H](O[C@]3(C(=O)O)C[C@H](O)[C@@H](NC(=O)CO)[C@H]([C@H](O)[C@H](O)CO)O3)[C@H]2O)[C@@H](O)[C@@H](CO[C@]2(C(=O)O)C[C@H](O)[C@@H](NC(=O)CO)[C@H]([C@H](O)[C@H](O)CO)O2)O[C@H]1O. The minimum atomic E-state index is -3.27. The zero-order valence-corrected chi connectivity index (χ0v) is 35.7. The van der Waals surface area contributed by atoms with Gasteiger partial charge in [-0.25, -0.2) is 9.59 Å². The quantitative estimate of drug-likeness (QED) is 0.0508. The fourth-order valence-corrected chi connectivity index (χ4v) is 8.04. The zero-order valence-electron chi connectivity index (χ0n) is 35.7. The van der Waals surface area contributed by atoms with Crippen LogP contribution in [0.25, 0.3) is 0 Å². The first-order valence-corrected chi connectivity index (χ1v) is 20.7. The minimum Gasteiger partial charge on any atom is -0.477 e. The number of aliphatic hydroxyl groups excluding tert-OH is 15. The van der Waals surface area contributed by atoms with Crippen LogP contribution in [0.15, 0.2) is 0 Å². The molecule has 0 unspecified atom stereocenters. The highest BCUT2D eigenvalue weighted by Crippen LogP contribution is 2.39. The number of hydrogen-bond acceptors (Lipinski definition) is 27. The molecule has 0 aliphatic carbocycles. The summed E-state index contributed by atoms with van der Waals surface area (Å²) in [6.45, 7) is -6.09. The number of carboxylic acids is 2. The lowest BCUT2D eigenvalue weighted by atomic mass is 9.88. The van der Waals surface area contributed by atoms with E-state index in [-0.39, 0.29) is 0 Å². The molecular weight excluding hydrogens is 938 g/mol. The molecule has 0 aromatic carbocycles. The van der Waals surface area contributed by atoms with E-state index in [1.807, 2.05) is 0 Å². The maximum atomic E-state index is 12.9. The monoisotopic (exact) mass is 997 g/mol. The number of carbonyl (C=O) groups is 5. The standard InChI is InChI=1S/C36H59N3O29/c1-10(45)37-21-27(25(55)16(63-31(21)57)9-62-35(33(58)59)2-11(46)19(38-17(50)7-43)28(66-35)22(52)13(48)4-40)65-32-26(56)30(24(54)15(6-42)64-32)68-36(34(60)61)3-12(47)20(39-18(51)8-44)29(67-36)23(53)14(49)5-41/h11-16,19-32,40-44,46-49,52-57H,2-9H2,1H3,(H,37,45)(H,38,50)(H,39,51)(H,58,59)(H,60,61)/t11-,12-,13+,14+,15+,16+,19+,20+,21+,22+,23+,24-,25-,26+,27+,28+,29+,30-,31+,32-,35+,36-/m0/s1. The van der Waals surface area contributed by atoms with E-state index in [1.165, 1.54) is 0 Å². The van der Waals surface area contributed by atoms with Gasteiger partial charge in [0.15, 0.2) is 12.6 Å². The highest BCUT2D eigenvalue weighted by molar-refractivity contribution is 5.79. The van der Waals surface area contributed by atoms with Crippen LogP contribution in [-0.4, -0.2) is 290 Å². The Morgan fingerprint density at radius 2 is 1.10 bits per heavy atom. The molecule has 22 atom stereocenters. The Kier molecular flexibility index (Phi) is 20.2. The average Bonchev–Trinajstić information content (AvgIpc) is 3.30. The van der Waals surface area contributed by atoms with Gasteiger partial charge in [0.1, 0.15) is 98.6 Å². The molecule has 4 aliphatic rings. The van der Waals surface area contributed by atoms with Crippen molar-refractivity contribution in [2.24, 2.45) is 0 Å². The lowest BCUT2D eigenvalue weighted by molar-refractivity contribution is -0.382. The first kappa shape index (κ1) is 57.1. The molecule has 0 bridgehead atoms. The number of carboxylic acid groups (broad SMARTS) is 2. The third-order valence-corrected chi connectivity index (χ3v) is 11.6. The third-order valence-electron chi connectivity index (χ3n) is 11.6. The van der Waals surface area contributed by atoms with Gasteiger partial charge in [0.25, 0.3) is 11.6 Å². The van der Waals surface area contributed by atoms with Crippen LogP contribution in [0.4, 0.5) is 0 Å². The molecule has 392 valence electrons. The molecule has 0 radical (unpaired) electrons. The van der Waals surface area contributed by atoms with Crippen LogP contribution < -0.4 is 16.0 Å². The predicted octanol–water partition coefficient (Wildman–Crippen LogP) is -13.0. The van der Waals surface area contributed by atoms with E-state index in [0.29, 0.717) is 0 Å². The lowest BCUT2D eigenvalue weighted by Gasteiger charge is -2.51. The molecule has 32 heteroatoms. The molecule has 0 aromatic rings. The molecule has 0 aromatic heterocycles. The normalized spacial score (nSPS) is 40.5. The van der Waals surface area contributed by atoms with Crippen LogP contribution in [0.1, 0.15) is 19.8 Å². The molecule has 0 spiro atoms. The van der Waals surface area contributed by atoms with Crippen LogP contribution in [-0.2, 0) is 57.1 Å². The molecule has 4 aliphatic heterocycles.